The number of anilines is 1. The molecule has 4 rings (SSSR count). The number of para-hydroxylation sites is 1. The Labute approximate surface area is 196 Å². The average molecular weight is 485 g/mol. The molecule has 32 heavy (non-hydrogen) atoms. The van der Waals surface area contributed by atoms with Crippen LogP contribution in [-0.4, -0.2) is 24.6 Å². The van der Waals surface area contributed by atoms with Gasteiger partial charge in [0.1, 0.15) is 5.52 Å². The molecule has 0 saturated carbocycles. The SMILES string of the molecule is CC(C)S(=O)(=O)c1cccc(C(=O)N(Cc2ccccc2)c2nc3c(Cl)cccc3s2)c1. The van der Waals surface area contributed by atoms with Crippen LogP contribution in [0.15, 0.2) is 77.7 Å². The normalized spacial score (nSPS) is 11.8. The van der Waals surface area contributed by atoms with E-state index in [-0.39, 0.29) is 22.9 Å². The van der Waals surface area contributed by atoms with Crippen molar-refractivity contribution in [3.63, 3.8) is 0 Å². The molecular formula is C24H21ClN2O3S2. The number of carbonyl (C=O) groups is 1. The van der Waals surface area contributed by atoms with Crippen molar-refractivity contribution in [2.45, 2.75) is 30.5 Å². The molecule has 8 heteroatoms. The minimum absolute atomic E-state index is 0.130. The molecule has 5 nitrogen and oxygen atoms in total. The van der Waals surface area contributed by atoms with Gasteiger partial charge in [0.15, 0.2) is 15.0 Å². The Bertz CT molecular complexity index is 1380. The minimum Gasteiger partial charge on any atom is -0.279 e. The highest BCUT2D eigenvalue weighted by Gasteiger charge is 2.25. The number of halogens is 1. The maximum absolute atomic E-state index is 13.6. The second-order valence-corrected chi connectivity index (χ2v) is 11.5. The summed E-state index contributed by atoms with van der Waals surface area (Å²) in [6, 6.07) is 21.3. The molecule has 0 atom stereocenters. The van der Waals surface area contributed by atoms with Crippen LogP contribution in [0.2, 0.25) is 5.02 Å². The lowest BCUT2D eigenvalue weighted by molar-refractivity contribution is 0.0985. The number of hydrogen-bond donors (Lipinski definition) is 0. The van der Waals surface area contributed by atoms with E-state index in [1.165, 1.54) is 23.5 Å². The van der Waals surface area contributed by atoms with E-state index < -0.39 is 15.1 Å². The number of thiazole rings is 1. The summed E-state index contributed by atoms with van der Waals surface area (Å²) in [5, 5.41) is 0.431. The summed E-state index contributed by atoms with van der Waals surface area (Å²) in [4.78, 5) is 20.0. The highest BCUT2D eigenvalue weighted by Crippen LogP contribution is 2.34. The largest absolute Gasteiger partial charge is 0.279 e. The Morgan fingerprint density at radius 2 is 1.75 bits per heavy atom. The molecule has 1 amide bonds. The number of carbonyl (C=O) groups excluding carboxylic acids is 1. The summed E-state index contributed by atoms with van der Waals surface area (Å²) in [5.41, 5.74) is 1.85. The maximum atomic E-state index is 13.6. The summed E-state index contributed by atoms with van der Waals surface area (Å²) in [7, 11) is -3.51. The van der Waals surface area contributed by atoms with Crippen LogP contribution in [-0.2, 0) is 16.4 Å². The smallest absolute Gasteiger partial charge is 0.260 e. The lowest BCUT2D eigenvalue weighted by atomic mass is 10.1. The van der Waals surface area contributed by atoms with E-state index in [0.29, 0.717) is 15.7 Å². The summed E-state index contributed by atoms with van der Waals surface area (Å²) in [5.74, 6) is -0.329. The second kappa shape index (κ2) is 9.02. The van der Waals surface area contributed by atoms with E-state index in [1.54, 1.807) is 36.9 Å². The molecule has 0 radical (unpaired) electrons. The van der Waals surface area contributed by atoms with E-state index >= 15 is 0 Å². The quantitative estimate of drug-likeness (QED) is 0.337. The lowest BCUT2D eigenvalue weighted by Crippen LogP contribution is -2.30. The molecule has 0 aliphatic rings. The number of sulfone groups is 1. The van der Waals surface area contributed by atoms with Crippen molar-refractivity contribution in [1.29, 1.82) is 0 Å². The number of hydrogen-bond acceptors (Lipinski definition) is 5. The Hall–Kier alpha value is -2.74. The third-order valence-electron chi connectivity index (χ3n) is 5.05. The topological polar surface area (TPSA) is 67.3 Å². The summed E-state index contributed by atoms with van der Waals surface area (Å²) < 4.78 is 26.2. The van der Waals surface area contributed by atoms with Crippen molar-refractivity contribution in [2.75, 3.05) is 4.90 Å². The molecule has 0 unspecified atom stereocenters. The average Bonchev–Trinajstić information content (AvgIpc) is 3.23. The second-order valence-electron chi connectivity index (χ2n) is 7.58. The lowest BCUT2D eigenvalue weighted by Gasteiger charge is -2.20. The maximum Gasteiger partial charge on any atom is 0.260 e. The third-order valence-corrected chi connectivity index (χ3v) is 8.55. The van der Waals surface area contributed by atoms with Gasteiger partial charge >= 0.3 is 0 Å². The van der Waals surface area contributed by atoms with E-state index in [9.17, 15) is 13.2 Å². The molecule has 0 bridgehead atoms. The molecule has 0 N–H and O–H groups in total. The summed E-state index contributed by atoms with van der Waals surface area (Å²) in [6.07, 6.45) is 0. The molecular weight excluding hydrogens is 464 g/mol. The fourth-order valence-electron chi connectivity index (χ4n) is 3.25. The van der Waals surface area contributed by atoms with Crippen molar-refractivity contribution in [1.82, 2.24) is 4.98 Å². The molecule has 3 aromatic carbocycles. The van der Waals surface area contributed by atoms with Gasteiger partial charge in [-0.05, 0) is 49.7 Å². The number of benzene rings is 3. The van der Waals surface area contributed by atoms with Gasteiger partial charge in [-0.3, -0.25) is 9.69 Å². The molecule has 4 aromatic rings. The fraction of sp³-hybridized carbons (Fsp3) is 0.167. The predicted molar refractivity (Wildman–Crippen MR) is 130 cm³/mol. The van der Waals surface area contributed by atoms with E-state index in [4.69, 9.17) is 11.6 Å². The summed E-state index contributed by atoms with van der Waals surface area (Å²) in [6.45, 7) is 3.53. The fourth-order valence-corrected chi connectivity index (χ4v) is 5.61. The Balaban J connectivity index is 1.79. The molecule has 1 aromatic heterocycles. The van der Waals surface area contributed by atoms with Gasteiger partial charge < -0.3 is 0 Å². The molecule has 0 fully saturated rings. The number of fused-ring (bicyclic) bond motifs is 1. The van der Waals surface area contributed by atoms with Gasteiger partial charge in [-0.1, -0.05) is 65.4 Å². The van der Waals surface area contributed by atoms with E-state index in [1.807, 2.05) is 42.5 Å². The molecule has 0 saturated heterocycles. The third kappa shape index (κ3) is 4.41. The van der Waals surface area contributed by atoms with Crippen LogP contribution in [0, 0.1) is 0 Å². The first-order chi connectivity index (χ1) is 15.3. The van der Waals surface area contributed by atoms with Crippen LogP contribution < -0.4 is 4.90 Å². The van der Waals surface area contributed by atoms with E-state index in [2.05, 4.69) is 4.98 Å². The number of amides is 1. The van der Waals surface area contributed by atoms with Crippen LogP contribution >= 0.6 is 22.9 Å². The zero-order chi connectivity index (χ0) is 22.9. The standard InChI is InChI=1S/C24H21ClN2O3S2/c1-16(2)32(29,30)19-11-6-10-18(14-19)23(28)27(15-17-8-4-3-5-9-17)24-26-22-20(25)12-7-13-21(22)31-24/h3-14,16H,15H2,1-2H3. The van der Waals surface area contributed by atoms with Crippen LogP contribution in [0.25, 0.3) is 10.2 Å². The van der Waals surface area contributed by atoms with Crippen LogP contribution in [0.4, 0.5) is 5.13 Å². The monoisotopic (exact) mass is 484 g/mol. The van der Waals surface area contributed by atoms with Crippen molar-refractivity contribution >= 4 is 54.0 Å². The predicted octanol–water partition coefficient (Wildman–Crippen LogP) is 5.98. The van der Waals surface area contributed by atoms with Crippen molar-refractivity contribution in [3.05, 3.63) is 88.9 Å². The van der Waals surface area contributed by atoms with Gasteiger partial charge in [-0.15, -0.1) is 0 Å². The van der Waals surface area contributed by atoms with Crippen LogP contribution in [0.3, 0.4) is 0 Å². The first-order valence-corrected chi connectivity index (χ1v) is 12.8. The van der Waals surface area contributed by atoms with Gasteiger partial charge in [0, 0.05) is 5.56 Å². The van der Waals surface area contributed by atoms with Crippen molar-refractivity contribution in [3.8, 4) is 0 Å². The van der Waals surface area contributed by atoms with Crippen LogP contribution in [0.1, 0.15) is 29.8 Å². The molecule has 0 aliphatic carbocycles. The first-order valence-electron chi connectivity index (χ1n) is 10.0. The van der Waals surface area contributed by atoms with Crippen molar-refractivity contribution < 1.29 is 13.2 Å². The zero-order valence-electron chi connectivity index (χ0n) is 17.5. The zero-order valence-corrected chi connectivity index (χ0v) is 19.9. The molecule has 164 valence electrons. The summed E-state index contributed by atoms with van der Waals surface area (Å²) >= 11 is 7.67. The van der Waals surface area contributed by atoms with Gasteiger partial charge in [-0.2, -0.15) is 0 Å². The Morgan fingerprint density at radius 3 is 2.44 bits per heavy atom. The van der Waals surface area contributed by atoms with E-state index in [0.717, 1.165) is 10.3 Å². The Morgan fingerprint density at radius 1 is 1.03 bits per heavy atom. The van der Waals surface area contributed by atoms with Crippen molar-refractivity contribution in [2.24, 2.45) is 0 Å². The van der Waals surface area contributed by atoms with Gasteiger partial charge in [0.25, 0.3) is 5.91 Å². The van der Waals surface area contributed by atoms with Gasteiger partial charge in [-0.25, -0.2) is 13.4 Å². The molecule has 0 aliphatic heterocycles. The number of nitrogens with zero attached hydrogens (tertiary/aromatic N) is 2. The molecule has 0 spiro atoms. The number of aromatic nitrogens is 1. The number of rotatable bonds is 6. The highest BCUT2D eigenvalue weighted by molar-refractivity contribution is 7.92. The van der Waals surface area contributed by atoms with Gasteiger partial charge in [0.2, 0.25) is 0 Å². The first kappa shape index (κ1) is 22.5. The van der Waals surface area contributed by atoms with Crippen LogP contribution in [0.5, 0.6) is 0 Å². The molecule has 1 heterocycles. The highest BCUT2D eigenvalue weighted by atomic mass is 35.5. The minimum atomic E-state index is -3.51. The van der Waals surface area contributed by atoms with Gasteiger partial charge in [0.05, 0.1) is 26.4 Å². The Kier molecular flexibility index (Phi) is 6.33.